The molecule has 0 unspecified atom stereocenters. The standard InChI is InChI=1S/C30H34ClN5O3.C29H30BrN3O3.C24H20BrN3O2.C20H22N2O2/c1-5-27(38)35-16-22(17-35)13-24(37)18-36-21(4)28(25-14-23(31)12-20(3)29(25)36)30(39)34-10-8-33(9-11-34)26-7-6-19(2)15-32-26;1-4-27(35)32-14-20(15-32)12-23(34)17-33-19(3)28(25-13-22(30)8-9-26(25)33)29(36)31-11-10-24-18(2)6-5-7-21(24)16-31;1-2-24(30)28-12-17(13-28)9-20(29)14-27-15-22(18-5-3-4-16(8-18)11-26)21-10-19(25)6-7-23(21)27;1-2-20(24)22-11-14(12-22)9-18(23)13-21-8-7-17-10-16(15-3-4-15)5-6-19(17)21/h5-7,12,14-15,22H,1,8-11,13,16-18H2,2-4H3;4-9,13,20H,1,10-12,14-17H2,2-3H3;2-8,10,15,17H,1,9,12-14H2;2,5-8,10,14-15H,1,3-4,9,11-13H2. The van der Waals surface area contributed by atoms with E-state index in [1.807, 2.05) is 153 Å². The molecule has 6 aliphatic heterocycles. The highest BCUT2D eigenvalue weighted by atomic mass is 79.9. The lowest BCUT2D eigenvalue weighted by molar-refractivity contribution is -0.134. The number of piperazine rings is 1. The Balaban J connectivity index is 0.000000134. The van der Waals surface area contributed by atoms with Crippen LogP contribution in [0.15, 0.2) is 206 Å². The number of halogens is 3. The maximum Gasteiger partial charge on any atom is 0.256 e. The molecule has 0 spiro atoms. The van der Waals surface area contributed by atoms with Crippen LogP contribution in [-0.4, -0.2) is 196 Å². The number of benzene rings is 6. The molecule has 129 heavy (non-hydrogen) atoms. The molecule has 6 amide bonds. The van der Waals surface area contributed by atoms with Crippen molar-refractivity contribution in [3.8, 4) is 17.2 Å². The van der Waals surface area contributed by atoms with Gasteiger partial charge in [0.1, 0.15) is 5.82 Å². The van der Waals surface area contributed by atoms with Gasteiger partial charge in [0.05, 0.1) is 54.5 Å². The Morgan fingerprint density at radius 2 is 1.02 bits per heavy atom. The Morgan fingerprint density at radius 3 is 1.57 bits per heavy atom. The van der Waals surface area contributed by atoms with Crippen LogP contribution in [0.1, 0.15) is 115 Å². The Hall–Kier alpha value is -12.4. The van der Waals surface area contributed by atoms with Crippen molar-refractivity contribution < 1.29 is 47.9 Å². The van der Waals surface area contributed by atoms with Crippen molar-refractivity contribution in [3.05, 3.63) is 272 Å². The van der Waals surface area contributed by atoms with Crippen molar-refractivity contribution in [1.29, 1.82) is 5.26 Å². The average Bonchev–Trinajstić information content (AvgIpc) is 1.59. The zero-order chi connectivity index (χ0) is 91.3. The molecule has 0 atom stereocenters. The van der Waals surface area contributed by atoms with Crippen LogP contribution >= 0.6 is 43.5 Å². The predicted octanol–water partition coefficient (Wildman–Crippen LogP) is 16.7. The number of ketones is 4. The van der Waals surface area contributed by atoms with Gasteiger partial charge in [0.15, 0.2) is 23.1 Å². The van der Waals surface area contributed by atoms with Crippen LogP contribution in [-0.2, 0) is 77.5 Å². The number of fused-ring (bicyclic) bond motifs is 5. The number of amides is 6. The van der Waals surface area contributed by atoms with Crippen LogP contribution in [0, 0.1) is 69.6 Å². The van der Waals surface area contributed by atoms with Crippen molar-refractivity contribution in [2.24, 2.45) is 23.7 Å². The topological polar surface area (TPSA) is 250 Å². The second kappa shape index (κ2) is 39.7. The molecule has 23 nitrogen and oxygen atoms in total. The summed E-state index contributed by atoms with van der Waals surface area (Å²) >= 11 is 13.5. The largest absolute Gasteiger partial charge is 0.353 e. The third kappa shape index (κ3) is 20.5. The summed E-state index contributed by atoms with van der Waals surface area (Å²) in [7, 11) is 0. The fourth-order valence-corrected chi connectivity index (χ4v) is 20.0. The number of anilines is 1. The lowest BCUT2D eigenvalue weighted by atomic mass is 9.94. The molecule has 0 N–H and O–H groups in total. The second-order valence-corrected chi connectivity index (χ2v) is 37.6. The molecule has 5 aromatic heterocycles. The van der Waals surface area contributed by atoms with Crippen LogP contribution in [0.25, 0.3) is 54.7 Å². The summed E-state index contributed by atoms with van der Waals surface area (Å²) in [5, 5.41) is 13.7. The summed E-state index contributed by atoms with van der Waals surface area (Å²) in [4.78, 5) is 143. The molecule has 18 rings (SSSR count). The van der Waals surface area contributed by atoms with Crippen molar-refractivity contribution in [2.45, 2.75) is 118 Å². The number of aromatic nitrogens is 5. The molecule has 664 valence electrons. The van der Waals surface area contributed by atoms with Crippen LogP contribution in [0.4, 0.5) is 5.82 Å². The smallest absolute Gasteiger partial charge is 0.256 e. The van der Waals surface area contributed by atoms with Crippen LogP contribution in [0.3, 0.4) is 0 Å². The zero-order valence-corrected chi connectivity index (χ0v) is 77.5. The summed E-state index contributed by atoms with van der Waals surface area (Å²) in [5.74, 6) is 2.73. The van der Waals surface area contributed by atoms with Gasteiger partial charge in [0.25, 0.3) is 11.8 Å². The third-order valence-electron chi connectivity index (χ3n) is 26.0. The molecule has 11 heterocycles. The second-order valence-electron chi connectivity index (χ2n) is 35.3. The fraction of sp³-hybridized carbons (Fsp3) is 0.340. The quantitative estimate of drug-likeness (QED) is 0.0483. The third-order valence-corrected chi connectivity index (χ3v) is 27.3. The highest BCUT2D eigenvalue weighted by molar-refractivity contribution is 9.10. The first-order valence-electron chi connectivity index (χ1n) is 44.1. The lowest BCUT2D eigenvalue weighted by Gasteiger charge is -2.38. The molecule has 6 aromatic carbocycles. The first-order chi connectivity index (χ1) is 62.0. The van der Waals surface area contributed by atoms with E-state index in [0.717, 1.165) is 99.0 Å². The van der Waals surface area contributed by atoms with Crippen molar-refractivity contribution in [3.63, 3.8) is 0 Å². The molecule has 5 saturated heterocycles. The van der Waals surface area contributed by atoms with Gasteiger partial charge in [-0.25, -0.2) is 4.98 Å². The summed E-state index contributed by atoms with van der Waals surface area (Å²) in [5.41, 5.74) is 16.5. The van der Waals surface area contributed by atoms with E-state index in [-0.39, 0.29) is 96.0 Å². The van der Waals surface area contributed by atoms with E-state index < -0.39 is 0 Å². The number of hydrogen-bond donors (Lipinski definition) is 0. The number of carbonyl (C=O) groups excluding carboxylic acids is 10. The van der Waals surface area contributed by atoms with Crippen molar-refractivity contribution in [2.75, 3.05) is 90.0 Å². The van der Waals surface area contributed by atoms with Crippen LogP contribution < -0.4 is 4.90 Å². The van der Waals surface area contributed by atoms with E-state index in [4.69, 9.17) is 11.6 Å². The van der Waals surface area contributed by atoms with E-state index in [9.17, 15) is 53.2 Å². The Labute approximate surface area is 773 Å². The van der Waals surface area contributed by atoms with Gasteiger partial charge in [-0.3, -0.25) is 47.9 Å². The fourth-order valence-electron chi connectivity index (χ4n) is 19.0. The molecular weight excluding hydrogens is 1770 g/mol. The number of nitriles is 1. The van der Waals surface area contributed by atoms with Crippen molar-refractivity contribution >= 4 is 151 Å². The molecule has 1 aliphatic carbocycles. The SMILES string of the molecule is C=CC(=O)N1CC(CC(=O)Cn2c(C)c(C(=O)N3CCN(c4ccc(C)cn4)CC3)c3cc(Cl)cc(C)c32)C1.C=CC(=O)N1CC(CC(=O)Cn2c(C)c(C(=O)N3CCc4c(C)cccc4C3)c3cc(Br)ccc32)C1.C=CC(=O)N1CC(CC(=O)Cn2cc(-c3cccc(C#N)c3)c3cc(Br)ccc32)C1.C=CC(=O)N1CC(CC(=O)Cn2ccc3cc(C4CC4)ccc32)C1. The Bertz CT molecular complexity index is 6370. The number of aryl methyl sites for hydroxylation is 3. The van der Waals surface area contributed by atoms with Gasteiger partial charge in [0.2, 0.25) is 23.6 Å². The maximum atomic E-state index is 13.9. The Morgan fingerprint density at radius 1 is 0.496 bits per heavy atom. The summed E-state index contributed by atoms with van der Waals surface area (Å²) in [6.45, 7) is 33.8. The molecule has 0 radical (unpaired) electrons. The highest BCUT2D eigenvalue weighted by Crippen LogP contribution is 2.42. The summed E-state index contributed by atoms with van der Waals surface area (Å²) < 4.78 is 9.81. The molecule has 7 aliphatic rings. The van der Waals surface area contributed by atoms with Crippen LogP contribution in [0.2, 0.25) is 5.02 Å². The van der Waals surface area contributed by atoms with Gasteiger partial charge >= 0.3 is 0 Å². The minimum Gasteiger partial charge on any atom is -0.353 e. The van der Waals surface area contributed by atoms with Crippen LogP contribution in [0.5, 0.6) is 0 Å². The zero-order valence-electron chi connectivity index (χ0n) is 73.6. The van der Waals surface area contributed by atoms with Gasteiger partial charge in [-0.15, -0.1) is 0 Å². The normalized spacial score (nSPS) is 15.6. The highest BCUT2D eigenvalue weighted by Gasteiger charge is 2.38. The molecule has 0 bridgehead atoms. The van der Waals surface area contributed by atoms with E-state index in [1.165, 1.54) is 64.8 Å². The van der Waals surface area contributed by atoms with Gasteiger partial charge in [-0.2, -0.15) is 5.26 Å². The number of rotatable bonds is 25. The van der Waals surface area contributed by atoms with E-state index in [2.05, 4.69) is 124 Å². The van der Waals surface area contributed by atoms with Gasteiger partial charge in [-0.1, -0.05) is 112 Å². The van der Waals surface area contributed by atoms with Gasteiger partial charge < -0.3 is 52.6 Å². The van der Waals surface area contributed by atoms with E-state index in [0.29, 0.717) is 151 Å². The van der Waals surface area contributed by atoms with E-state index >= 15 is 0 Å². The van der Waals surface area contributed by atoms with Gasteiger partial charge in [-0.05, 0) is 213 Å². The monoisotopic (exact) mass is 1880 g/mol. The number of nitrogens with zero attached hydrogens (tertiary/aromatic N) is 13. The summed E-state index contributed by atoms with van der Waals surface area (Å²) in [6.07, 6.45) is 16.4. The number of hydrogen-bond acceptors (Lipinski definition) is 13. The molecule has 1 saturated carbocycles. The first-order valence-corrected chi connectivity index (χ1v) is 46.0. The van der Waals surface area contributed by atoms with E-state index in [1.54, 1.807) is 25.7 Å². The molecule has 26 heteroatoms. The number of pyridine rings is 1. The Kier molecular flexibility index (Phi) is 28.1. The number of carbonyl (C=O) groups is 10. The molecule has 6 fully saturated rings. The average molecular weight is 1880 g/mol. The number of Topliss-reactive ketones (excluding diaryl/α,β-unsaturated/α-hetero) is 4. The minimum atomic E-state index is -0.0995. The lowest BCUT2D eigenvalue weighted by Crippen LogP contribution is -2.50. The predicted molar refractivity (Wildman–Crippen MR) is 511 cm³/mol. The maximum absolute atomic E-state index is 13.9. The first kappa shape index (κ1) is 91.4. The minimum absolute atomic E-state index is 0.00604. The van der Waals surface area contributed by atoms with Gasteiger partial charge in [0, 0.05) is 223 Å². The van der Waals surface area contributed by atoms with Crippen molar-refractivity contribution in [1.82, 2.24) is 52.7 Å². The number of likely N-dealkylation sites (tertiary alicyclic amines) is 4. The molecule has 11 aromatic rings. The summed E-state index contributed by atoms with van der Waals surface area (Å²) in [6, 6.07) is 44.3. The molecular formula is C103H106Br2ClN13O10.